The van der Waals surface area contributed by atoms with E-state index in [4.69, 9.17) is 0 Å². The molecule has 0 unspecified atom stereocenters. The van der Waals surface area contributed by atoms with Gasteiger partial charge in [-0.1, -0.05) is 48.9 Å². The molecular weight excluding hydrogens is 254 g/mol. The Morgan fingerprint density at radius 3 is 2.33 bits per heavy atom. The zero-order valence-electron chi connectivity index (χ0n) is 13.7. The van der Waals surface area contributed by atoms with Crippen molar-refractivity contribution in [2.45, 2.75) is 52.0 Å². The first-order valence-corrected chi connectivity index (χ1v) is 7.77. The Balaban J connectivity index is 2.23. The van der Waals surface area contributed by atoms with E-state index >= 15 is 0 Å². The standard InChI is InChI=1S/C20H25N/c1-14-10-11-16(15(2)12-14)20(5)13-19(3,4)21-18-9-7-6-8-17(18)20/h6-12,21H,13H2,1-5H3/t20-/m0/s1. The van der Waals surface area contributed by atoms with Crippen LogP contribution in [0.5, 0.6) is 0 Å². The Hall–Kier alpha value is -1.76. The molecule has 1 atom stereocenters. The number of benzene rings is 2. The molecule has 110 valence electrons. The van der Waals surface area contributed by atoms with E-state index in [1.807, 2.05) is 0 Å². The lowest BCUT2D eigenvalue weighted by molar-refractivity contribution is 0.377. The molecular formula is C20H25N. The van der Waals surface area contributed by atoms with Crippen molar-refractivity contribution in [1.29, 1.82) is 0 Å². The fourth-order valence-corrected chi connectivity index (χ4v) is 4.13. The van der Waals surface area contributed by atoms with E-state index in [0.717, 1.165) is 6.42 Å². The average Bonchev–Trinajstić information content (AvgIpc) is 2.36. The Bertz CT molecular complexity index is 684. The van der Waals surface area contributed by atoms with Crippen LogP contribution in [0.15, 0.2) is 42.5 Å². The largest absolute Gasteiger partial charge is 0.380 e. The molecule has 1 heterocycles. The van der Waals surface area contributed by atoms with Crippen molar-refractivity contribution < 1.29 is 0 Å². The van der Waals surface area contributed by atoms with Crippen LogP contribution in [0.3, 0.4) is 0 Å². The fourth-order valence-electron chi connectivity index (χ4n) is 4.13. The summed E-state index contributed by atoms with van der Waals surface area (Å²) < 4.78 is 0. The molecule has 1 nitrogen and oxygen atoms in total. The van der Waals surface area contributed by atoms with Crippen molar-refractivity contribution in [3.63, 3.8) is 0 Å². The highest BCUT2D eigenvalue weighted by molar-refractivity contribution is 5.63. The van der Waals surface area contributed by atoms with E-state index in [1.54, 1.807) is 0 Å². The summed E-state index contributed by atoms with van der Waals surface area (Å²) >= 11 is 0. The van der Waals surface area contributed by atoms with Crippen LogP contribution in [0.2, 0.25) is 0 Å². The van der Waals surface area contributed by atoms with E-state index in [0.29, 0.717) is 0 Å². The highest BCUT2D eigenvalue weighted by atomic mass is 15.0. The summed E-state index contributed by atoms with van der Waals surface area (Å²) in [5, 5.41) is 3.69. The summed E-state index contributed by atoms with van der Waals surface area (Å²) in [6, 6.07) is 15.6. The normalized spacial score (nSPS) is 23.3. The zero-order valence-corrected chi connectivity index (χ0v) is 13.7. The molecule has 0 saturated carbocycles. The highest BCUT2D eigenvalue weighted by Gasteiger charge is 2.41. The number of para-hydroxylation sites is 1. The zero-order chi connectivity index (χ0) is 15.3. The van der Waals surface area contributed by atoms with Gasteiger partial charge in [-0.2, -0.15) is 0 Å². The summed E-state index contributed by atoms with van der Waals surface area (Å²) in [7, 11) is 0. The van der Waals surface area contributed by atoms with Crippen LogP contribution < -0.4 is 5.32 Å². The second kappa shape index (κ2) is 4.62. The Labute approximate surface area is 128 Å². The topological polar surface area (TPSA) is 12.0 Å². The van der Waals surface area contributed by atoms with Gasteiger partial charge in [-0.25, -0.2) is 0 Å². The lowest BCUT2D eigenvalue weighted by Gasteiger charge is -2.46. The van der Waals surface area contributed by atoms with Gasteiger partial charge in [-0.15, -0.1) is 0 Å². The van der Waals surface area contributed by atoms with Crippen LogP contribution in [0.4, 0.5) is 5.69 Å². The summed E-state index contributed by atoms with van der Waals surface area (Å²) in [4.78, 5) is 0. The van der Waals surface area contributed by atoms with Gasteiger partial charge in [0.1, 0.15) is 0 Å². The molecule has 2 aromatic rings. The van der Waals surface area contributed by atoms with Gasteiger partial charge < -0.3 is 5.32 Å². The molecule has 0 fully saturated rings. The molecule has 0 aromatic heterocycles. The molecule has 1 aliphatic rings. The van der Waals surface area contributed by atoms with Crippen LogP contribution in [-0.2, 0) is 5.41 Å². The van der Waals surface area contributed by atoms with Gasteiger partial charge in [0.25, 0.3) is 0 Å². The maximum atomic E-state index is 3.69. The molecule has 0 spiro atoms. The first-order valence-electron chi connectivity index (χ1n) is 7.77. The van der Waals surface area contributed by atoms with Crippen molar-refractivity contribution in [2.75, 3.05) is 5.32 Å². The van der Waals surface area contributed by atoms with Crippen molar-refractivity contribution in [2.24, 2.45) is 0 Å². The summed E-state index contributed by atoms with van der Waals surface area (Å²) in [6.45, 7) is 11.4. The molecule has 21 heavy (non-hydrogen) atoms. The smallest absolute Gasteiger partial charge is 0.0385 e. The van der Waals surface area contributed by atoms with Crippen molar-refractivity contribution in [3.8, 4) is 0 Å². The Morgan fingerprint density at radius 2 is 1.62 bits per heavy atom. The molecule has 0 saturated heterocycles. The van der Waals surface area contributed by atoms with E-state index in [9.17, 15) is 0 Å². The first kappa shape index (κ1) is 14.2. The molecule has 3 rings (SSSR count). The van der Waals surface area contributed by atoms with Crippen molar-refractivity contribution in [1.82, 2.24) is 0 Å². The highest BCUT2D eigenvalue weighted by Crippen LogP contribution is 2.47. The number of rotatable bonds is 1. The molecule has 1 heteroatoms. The number of fused-ring (bicyclic) bond motifs is 1. The lowest BCUT2D eigenvalue weighted by atomic mass is 9.65. The van der Waals surface area contributed by atoms with Gasteiger partial charge in [-0.3, -0.25) is 0 Å². The number of aryl methyl sites for hydroxylation is 2. The summed E-state index contributed by atoms with van der Waals surface area (Å²) in [5.74, 6) is 0. The third-order valence-electron chi connectivity index (χ3n) is 4.77. The second-order valence-electron chi connectivity index (χ2n) is 7.38. The molecule has 2 aromatic carbocycles. The quantitative estimate of drug-likeness (QED) is 0.756. The number of hydrogen-bond donors (Lipinski definition) is 1. The van der Waals surface area contributed by atoms with Crippen molar-refractivity contribution in [3.05, 3.63) is 64.7 Å². The van der Waals surface area contributed by atoms with Crippen molar-refractivity contribution >= 4 is 5.69 Å². The third-order valence-corrected chi connectivity index (χ3v) is 4.77. The second-order valence-corrected chi connectivity index (χ2v) is 7.38. The SMILES string of the molecule is Cc1ccc([C@]2(C)CC(C)(C)Nc3ccccc32)c(C)c1. The van der Waals surface area contributed by atoms with Crippen LogP contribution in [-0.4, -0.2) is 5.54 Å². The maximum Gasteiger partial charge on any atom is 0.0385 e. The van der Waals surface area contributed by atoms with Gasteiger partial charge in [0.05, 0.1) is 0 Å². The molecule has 1 aliphatic heterocycles. The Morgan fingerprint density at radius 1 is 0.905 bits per heavy atom. The minimum absolute atomic E-state index is 0.0587. The maximum absolute atomic E-state index is 3.69. The number of hydrogen-bond acceptors (Lipinski definition) is 1. The van der Waals surface area contributed by atoms with E-state index in [-0.39, 0.29) is 11.0 Å². The molecule has 0 aliphatic carbocycles. The van der Waals surface area contributed by atoms with Crippen LogP contribution in [0, 0.1) is 13.8 Å². The van der Waals surface area contributed by atoms with Gasteiger partial charge in [0.15, 0.2) is 0 Å². The molecule has 0 bridgehead atoms. The third kappa shape index (κ3) is 2.35. The van der Waals surface area contributed by atoms with Gasteiger partial charge in [-0.05, 0) is 56.9 Å². The first-order chi connectivity index (χ1) is 9.82. The predicted molar refractivity (Wildman–Crippen MR) is 91.1 cm³/mol. The summed E-state index contributed by atoms with van der Waals surface area (Å²) in [5.41, 5.74) is 7.03. The van der Waals surface area contributed by atoms with Gasteiger partial charge in [0, 0.05) is 16.6 Å². The van der Waals surface area contributed by atoms with E-state index in [2.05, 4.69) is 82.4 Å². The summed E-state index contributed by atoms with van der Waals surface area (Å²) in [6.07, 6.45) is 1.10. The van der Waals surface area contributed by atoms with Crippen LogP contribution in [0.1, 0.15) is 49.4 Å². The van der Waals surface area contributed by atoms with E-state index < -0.39 is 0 Å². The van der Waals surface area contributed by atoms with Crippen LogP contribution >= 0.6 is 0 Å². The van der Waals surface area contributed by atoms with Gasteiger partial charge >= 0.3 is 0 Å². The number of anilines is 1. The average molecular weight is 279 g/mol. The predicted octanol–water partition coefficient (Wildman–Crippen LogP) is 5.20. The Kier molecular flexibility index (Phi) is 3.12. The molecule has 0 radical (unpaired) electrons. The lowest BCUT2D eigenvalue weighted by Crippen LogP contribution is -2.45. The fraction of sp³-hybridized carbons (Fsp3) is 0.400. The minimum atomic E-state index is 0.0587. The monoisotopic (exact) mass is 279 g/mol. The molecule has 0 amide bonds. The van der Waals surface area contributed by atoms with E-state index in [1.165, 1.54) is 27.9 Å². The molecule has 1 N–H and O–H groups in total. The van der Waals surface area contributed by atoms with Crippen LogP contribution in [0.25, 0.3) is 0 Å². The number of nitrogens with one attached hydrogen (secondary N) is 1. The minimum Gasteiger partial charge on any atom is -0.380 e. The van der Waals surface area contributed by atoms with Gasteiger partial charge in [0.2, 0.25) is 0 Å².